The van der Waals surface area contributed by atoms with Gasteiger partial charge in [-0.3, -0.25) is 4.79 Å². The number of fused-ring (bicyclic) bond motifs is 1. The molecule has 0 saturated heterocycles. The number of aromatic nitrogens is 1. The number of hydrogen-bond donors (Lipinski definition) is 2. The molecule has 0 unspecified atom stereocenters. The van der Waals surface area contributed by atoms with E-state index in [0.29, 0.717) is 6.54 Å². The van der Waals surface area contributed by atoms with E-state index in [9.17, 15) is 13.2 Å². The minimum Gasteiger partial charge on any atom is -0.352 e. The Bertz CT molecular complexity index is 1050. The molecule has 142 valence electrons. The Hall–Kier alpha value is -2.00. The van der Waals surface area contributed by atoms with Gasteiger partial charge in [0, 0.05) is 13.0 Å². The maximum absolute atomic E-state index is 12.4. The van der Waals surface area contributed by atoms with Crippen LogP contribution in [0.4, 0.5) is 0 Å². The van der Waals surface area contributed by atoms with E-state index in [1.165, 1.54) is 25.2 Å². The normalized spacial score (nSPS) is 11.6. The van der Waals surface area contributed by atoms with Crippen LogP contribution < -0.4 is 10.0 Å². The van der Waals surface area contributed by atoms with E-state index >= 15 is 0 Å². The Morgan fingerprint density at radius 3 is 2.74 bits per heavy atom. The largest absolute Gasteiger partial charge is 0.352 e. The molecular weight excluding hydrogens is 406 g/mol. The quantitative estimate of drug-likeness (QED) is 0.571. The molecular formula is C18H18ClN3O3S2. The molecule has 2 aromatic carbocycles. The van der Waals surface area contributed by atoms with Crippen LogP contribution in [0.1, 0.15) is 21.8 Å². The average Bonchev–Trinajstić information content (AvgIpc) is 3.08. The highest BCUT2D eigenvalue weighted by Crippen LogP contribution is 2.23. The number of sulfonamides is 1. The summed E-state index contributed by atoms with van der Waals surface area (Å²) >= 11 is 7.70. The number of halogens is 1. The molecule has 0 saturated carbocycles. The van der Waals surface area contributed by atoms with Gasteiger partial charge in [-0.25, -0.2) is 18.1 Å². The molecule has 1 amide bonds. The highest BCUT2D eigenvalue weighted by atomic mass is 35.5. The summed E-state index contributed by atoms with van der Waals surface area (Å²) in [5.74, 6) is -0.405. The fourth-order valence-corrected chi connectivity index (χ4v) is 4.50. The van der Waals surface area contributed by atoms with E-state index in [2.05, 4.69) is 15.0 Å². The molecule has 9 heteroatoms. The van der Waals surface area contributed by atoms with E-state index in [0.717, 1.165) is 28.1 Å². The van der Waals surface area contributed by atoms with Crippen molar-refractivity contribution in [2.75, 3.05) is 13.6 Å². The second-order valence-electron chi connectivity index (χ2n) is 5.78. The monoisotopic (exact) mass is 423 g/mol. The molecule has 3 rings (SSSR count). The third-order valence-corrected chi connectivity index (χ3v) is 6.79. The molecule has 0 radical (unpaired) electrons. The van der Waals surface area contributed by atoms with Gasteiger partial charge in [-0.2, -0.15) is 0 Å². The minimum absolute atomic E-state index is 0.00553. The number of amides is 1. The molecule has 2 N–H and O–H groups in total. The standard InChI is InChI=1S/C18H18ClN3O3S2/c1-20-27(24,25)12-8-9-14(19)13(11-12)18(23)21-10-4-7-17-22-15-5-2-3-6-16(15)26-17/h2-3,5-6,8-9,11,20H,4,7,10H2,1H3,(H,21,23). The van der Waals surface area contributed by atoms with Crippen molar-refractivity contribution < 1.29 is 13.2 Å². The minimum atomic E-state index is -3.64. The number of nitrogens with one attached hydrogen (secondary N) is 2. The van der Waals surface area contributed by atoms with Gasteiger partial charge >= 0.3 is 0 Å². The molecule has 0 bridgehead atoms. The number of para-hydroxylation sites is 1. The number of benzene rings is 2. The molecule has 3 aromatic rings. The van der Waals surface area contributed by atoms with E-state index in [-0.39, 0.29) is 15.5 Å². The summed E-state index contributed by atoms with van der Waals surface area (Å²) in [6.07, 6.45) is 1.47. The summed E-state index contributed by atoms with van der Waals surface area (Å²) < 4.78 is 27.1. The van der Waals surface area contributed by atoms with Gasteiger partial charge in [-0.1, -0.05) is 23.7 Å². The molecule has 0 atom stereocenters. The van der Waals surface area contributed by atoms with Crippen molar-refractivity contribution in [3.8, 4) is 0 Å². The summed E-state index contributed by atoms with van der Waals surface area (Å²) in [7, 11) is -2.33. The van der Waals surface area contributed by atoms with Crippen LogP contribution in [-0.4, -0.2) is 32.9 Å². The van der Waals surface area contributed by atoms with Crippen LogP contribution in [-0.2, 0) is 16.4 Å². The molecule has 27 heavy (non-hydrogen) atoms. The van der Waals surface area contributed by atoms with Gasteiger partial charge in [-0.15, -0.1) is 11.3 Å². The van der Waals surface area contributed by atoms with Gasteiger partial charge in [0.2, 0.25) is 10.0 Å². The first kappa shape index (κ1) is 19.8. The van der Waals surface area contributed by atoms with Crippen LogP contribution in [0.2, 0.25) is 5.02 Å². The molecule has 6 nitrogen and oxygen atoms in total. The highest BCUT2D eigenvalue weighted by Gasteiger charge is 2.17. The molecule has 0 aliphatic rings. The molecule has 1 aromatic heterocycles. The SMILES string of the molecule is CNS(=O)(=O)c1ccc(Cl)c(C(=O)NCCCc2nc3ccccc3s2)c1. The van der Waals surface area contributed by atoms with Crippen molar-refractivity contribution in [3.63, 3.8) is 0 Å². The van der Waals surface area contributed by atoms with Crippen LogP contribution in [0.5, 0.6) is 0 Å². The van der Waals surface area contributed by atoms with Crippen LogP contribution in [0.25, 0.3) is 10.2 Å². The van der Waals surface area contributed by atoms with Gasteiger partial charge in [0.15, 0.2) is 0 Å². The topological polar surface area (TPSA) is 88.2 Å². The lowest BCUT2D eigenvalue weighted by Crippen LogP contribution is -2.26. The van der Waals surface area contributed by atoms with Crippen molar-refractivity contribution >= 4 is 49.1 Å². The van der Waals surface area contributed by atoms with Crippen LogP contribution in [0.15, 0.2) is 47.4 Å². The fourth-order valence-electron chi connectivity index (χ4n) is 2.53. The Morgan fingerprint density at radius 1 is 1.22 bits per heavy atom. The first-order chi connectivity index (χ1) is 12.9. The number of thiazole rings is 1. The van der Waals surface area contributed by atoms with E-state index < -0.39 is 15.9 Å². The lowest BCUT2D eigenvalue weighted by Gasteiger charge is -2.09. The van der Waals surface area contributed by atoms with Crippen molar-refractivity contribution in [1.29, 1.82) is 0 Å². The first-order valence-corrected chi connectivity index (χ1v) is 10.9. The Balaban J connectivity index is 1.60. The van der Waals surface area contributed by atoms with Crippen molar-refractivity contribution in [1.82, 2.24) is 15.0 Å². The van der Waals surface area contributed by atoms with Gasteiger partial charge in [0.25, 0.3) is 5.91 Å². The maximum atomic E-state index is 12.4. The lowest BCUT2D eigenvalue weighted by atomic mass is 10.2. The van der Waals surface area contributed by atoms with Crippen molar-refractivity contribution in [3.05, 3.63) is 58.1 Å². The summed E-state index contributed by atoms with van der Waals surface area (Å²) in [5.41, 5.74) is 1.11. The smallest absolute Gasteiger partial charge is 0.252 e. The third-order valence-electron chi connectivity index (χ3n) is 3.95. The summed E-state index contributed by atoms with van der Waals surface area (Å²) in [4.78, 5) is 16.9. The molecule has 0 aliphatic heterocycles. The van der Waals surface area contributed by atoms with Crippen LogP contribution in [0, 0.1) is 0 Å². The zero-order valence-corrected chi connectivity index (χ0v) is 16.9. The predicted molar refractivity (Wildman–Crippen MR) is 108 cm³/mol. The van der Waals surface area contributed by atoms with Crippen molar-refractivity contribution in [2.45, 2.75) is 17.7 Å². The number of rotatable bonds is 7. The van der Waals surface area contributed by atoms with E-state index in [4.69, 9.17) is 11.6 Å². The predicted octanol–water partition coefficient (Wildman–Crippen LogP) is 3.22. The maximum Gasteiger partial charge on any atom is 0.252 e. The summed E-state index contributed by atoms with van der Waals surface area (Å²) in [5, 5.41) is 4.00. The average molecular weight is 424 g/mol. The van der Waals surface area contributed by atoms with E-state index in [1.54, 1.807) is 11.3 Å². The lowest BCUT2D eigenvalue weighted by molar-refractivity contribution is 0.0953. The van der Waals surface area contributed by atoms with Crippen LogP contribution >= 0.6 is 22.9 Å². The Morgan fingerprint density at radius 2 is 2.00 bits per heavy atom. The zero-order chi connectivity index (χ0) is 19.4. The number of hydrogen-bond acceptors (Lipinski definition) is 5. The third kappa shape index (κ3) is 4.65. The number of nitrogens with zero attached hydrogens (tertiary/aromatic N) is 1. The highest BCUT2D eigenvalue weighted by molar-refractivity contribution is 7.89. The molecule has 0 fully saturated rings. The number of carbonyl (C=O) groups excluding carboxylic acids is 1. The fraction of sp³-hybridized carbons (Fsp3) is 0.222. The van der Waals surface area contributed by atoms with Gasteiger partial charge in [0.1, 0.15) is 0 Å². The summed E-state index contributed by atoms with van der Waals surface area (Å²) in [6.45, 7) is 0.439. The van der Waals surface area contributed by atoms with Gasteiger partial charge in [0.05, 0.1) is 30.7 Å². The second kappa shape index (κ2) is 8.35. The molecule has 1 heterocycles. The first-order valence-electron chi connectivity index (χ1n) is 8.26. The zero-order valence-electron chi connectivity index (χ0n) is 14.5. The number of aryl methyl sites for hydroxylation is 1. The van der Waals surface area contributed by atoms with Crippen molar-refractivity contribution in [2.24, 2.45) is 0 Å². The summed E-state index contributed by atoms with van der Waals surface area (Å²) in [6, 6.07) is 12.0. The Labute approximate surface area is 166 Å². The van der Waals surface area contributed by atoms with Crippen LogP contribution in [0.3, 0.4) is 0 Å². The second-order valence-corrected chi connectivity index (χ2v) is 9.19. The van der Waals surface area contributed by atoms with Gasteiger partial charge < -0.3 is 5.32 Å². The molecule has 0 spiro atoms. The number of carbonyl (C=O) groups is 1. The van der Waals surface area contributed by atoms with E-state index in [1.807, 2.05) is 24.3 Å². The molecule has 0 aliphatic carbocycles. The van der Waals surface area contributed by atoms with Gasteiger partial charge in [-0.05, 0) is 43.8 Å². The Kier molecular flexibility index (Phi) is 6.11.